The molecule has 2 aromatic heterocycles. The first kappa shape index (κ1) is 23.3. The number of hydrazone groups is 1. The molecular weight excluding hydrogens is 466 g/mol. The second kappa shape index (κ2) is 10.1. The summed E-state index contributed by atoms with van der Waals surface area (Å²) in [5, 5.41) is 9.69. The van der Waals surface area contributed by atoms with E-state index in [4.69, 9.17) is 14.5 Å². The number of fused-ring (bicyclic) bond motifs is 4. The van der Waals surface area contributed by atoms with Gasteiger partial charge < -0.3 is 19.7 Å². The monoisotopic (exact) mass is 497 g/mol. The van der Waals surface area contributed by atoms with Crippen LogP contribution in [0.1, 0.15) is 38.2 Å². The number of nitrogens with one attached hydrogen (secondary N) is 1. The molecule has 0 bridgehead atoms. The van der Waals surface area contributed by atoms with E-state index in [-0.39, 0.29) is 0 Å². The number of aromatic nitrogens is 3. The Bertz CT molecular complexity index is 1400. The van der Waals surface area contributed by atoms with Gasteiger partial charge in [-0.2, -0.15) is 5.10 Å². The first-order valence-corrected chi connectivity index (χ1v) is 13.0. The van der Waals surface area contributed by atoms with E-state index in [9.17, 15) is 0 Å². The minimum atomic E-state index is 0.392. The van der Waals surface area contributed by atoms with Crippen molar-refractivity contribution in [2.24, 2.45) is 5.10 Å². The number of pyridine rings is 1. The number of anilines is 3. The summed E-state index contributed by atoms with van der Waals surface area (Å²) in [6, 6.07) is 8.39. The largest absolute Gasteiger partial charge is 0.487 e. The van der Waals surface area contributed by atoms with Gasteiger partial charge in [-0.25, -0.2) is 15.0 Å². The maximum atomic E-state index is 6.14. The van der Waals surface area contributed by atoms with Crippen molar-refractivity contribution in [1.29, 1.82) is 0 Å². The summed E-state index contributed by atoms with van der Waals surface area (Å²) in [4.78, 5) is 16.4. The number of ether oxygens (including phenoxy) is 2. The molecule has 6 rings (SSSR count). The average Bonchev–Trinajstić information content (AvgIpc) is 2.93. The van der Waals surface area contributed by atoms with Crippen molar-refractivity contribution in [2.75, 3.05) is 29.9 Å². The van der Waals surface area contributed by atoms with Gasteiger partial charge in [-0.05, 0) is 68.5 Å². The molecule has 0 spiro atoms. The lowest BCUT2D eigenvalue weighted by atomic mass is 10.0. The number of benzene rings is 1. The van der Waals surface area contributed by atoms with Crippen LogP contribution in [0, 0.1) is 6.92 Å². The van der Waals surface area contributed by atoms with Crippen molar-refractivity contribution in [3.05, 3.63) is 60.3 Å². The summed E-state index contributed by atoms with van der Waals surface area (Å²) in [6.07, 6.45) is 13.8. The summed E-state index contributed by atoms with van der Waals surface area (Å²) in [5.74, 6) is 3.99. The third-order valence-corrected chi connectivity index (χ3v) is 6.86. The molecule has 5 heterocycles. The lowest BCUT2D eigenvalue weighted by Gasteiger charge is -2.40. The van der Waals surface area contributed by atoms with Gasteiger partial charge in [0.25, 0.3) is 0 Å². The van der Waals surface area contributed by atoms with Crippen molar-refractivity contribution < 1.29 is 9.47 Å². The Morgan fingerprint density at radius 1 is 1.24 bits per heavy atom. The van der Waals surface area contributed by atoms with Gasteiger partial charge >= 0.3 is 0 Å². The molecule has 9 nitrogen and oxygen atoms in total. The molecule has 1 atom stereocenters. The molecule has 3 aliphatic heterocycles. The third kappa shape index (κ3) is 4.81. The molecule has 0 amide bonds. The summed E-state index contributed by atoms with van der Waals surface area (Å²) >= 11 is 0. The summed E-state index contributed by atoms with van der Waals surface area (Å²) < 4.78 is 12.2. The minimum absolute atomic E-state index is 0.392. The standard InChI is InChI=1S/C28H31N7O2/c1-3-11-31-34-13-9-22(10-14-34)37-24-8-7-20(15-19(24)2)32-27-26-23(29-18-30-27)16-25-28(33-26)35-12-5-4-6-21(35)17-36-25/h7-11,13,15-16,18,21H,3-6,12,14,17H2,1-2H3,(H,29,30,32)/b31-11-. The third-order valence-electron chi connectivity index (χ3n) is 6.86. The SMILES string of the molecule is CC/C=N\N1C=CC(Oc2ccc(Nc3ncnc4cc5c(nc34)N3CCCCC3CO5)cc2C)=CC1. The molecule has 1 fully saturated rings. The fourth-order valence-corrected chi connectivity index (χ4v) is 4.93. The Morgan fingerprint density at radius 3 is 3.03 bits per heavy atom. The molecule has 1 N–H and O–H groups in total. The molecule has 3 aromatic rings. The molecule has 1 aromatic carbocycles. The van der Waals surface area contributed by atoms with E-state index in [1.165, 1.54) is 12.8 Å². The zero-order valence-electron chi connectivity index (χ0n) is 21.2. The highest BCUT2D eigenvalue weighted by Gasteiger charge is 2.31. The van der Waals surface area contributed by atoms with E-state index < -0.39 is 0 Å². The highest BCUT2D eigenvalue weighted by atomic mass is 16.5. The van der Waals surface area contributed by atoms with Crippen LogP contribution in [-0.4, -0.2) is 51.9 Å². The second-order valence-corrected chi connectivity index (χ2v) is 9.51. The topological polar surface area (TPSA) is 88.0 Å². The molecule has 0 saturated carbocycles. The zero-order valence-corrected chi connectivity index (χ0v) is 21.2. The Labute approximate surface area is 216 Å². The van der Waals surface area contributed by atoms with Crippen molar-refractivity contribution in [3.8, 4) is 11.5 Å². The molecule has 0 radical (unpaired) electrons. The number of allylic oxidation sites excluding steroid dienone is 1. The van der Waals surface area contributed by atoms with Crippen LogP contribution >= 0.6 is 0 Å². The van der Waals surface area contributed by atoms with Gasteiger partial charge in [0.1, 0.15) is 30.0 Å². The number of aryl methyl sites for hydroxylation is 1. The summed E-state index contributed by atoms with van der Waals surface area (Å²) in [5.41, 5.74) is 3.42. The van der Waals surface area contributed by atoms with Crippen LogP contribution in [0.4, 0.5) is 17.3 Å². The number of hydrogen-bond donors (Lipinski definition) is 1. The normalized spacial score (nSPS) is 18.9. The number of rotatable bonds is 6. The van der Waals surface area contributed by atoms with Gasteiger partial charge in [0.05, 0.1) is 18.1 Å². The fraction of sp³-hybridized carbons (Fsp3) is 0.357. The van der Waals surface area contributed by atoms with E-state index in [2.05, 4.69) is 38.3 Å². The Hall–Kier alpha value is -4.14. The average molecular weight is 498 g/mol. The van der Waals surface area contributed by atoms with Crippen LogP contribution in [0.15, 0.2) is 59.8 Å². The minimum Gasteiger partial charge on any atom is -0.487 e. The van der Waals surface area contributed by atoms with E-state index in [1.54, 1.807) is 6.33 Å². The van der Waals surface area contributed by atoms with Gasteiger partial charge in [0, 0.05) is 30.7 Å². The first-order valence-electron chi connectivity index (χ1n) is 13.0. The van der Waals surface area contributed by atoms with Crippen LogP contribution in [-0.2, 0) is 0 Å². The van der Waals surface area contributed by atoms with E-state index in [1.807, 2.05) is 54.7 Å². The smallest absolute Gasteiger partial charge is 0.172 e. The molecule has 1 saturated heterocycles. The van der Waals surface area contributed by atoms with E-state index in [0.29, 0.717) is 25.0 Å². The van der Waals surface area contributed by atoms with Gasteiger partial charge in [0.15, 0.2) is 17.4 Å². The number of nitrogens with zero attached hydrogens (tertiary/aromatic N) is 6. The summed E-state index contributed by atoms with van der Waals surface area (Å²) in [6.45, 7) is 6.50. The molecule has 9 heteroatoms. The maximum Gasteiger partial charge on any atom is 0.172 e. The zero-order chi connectivity index (χ0) is 25.2. The molecule has 3 aliphatic rings. The van der Waals surface area contributed by atoms with Crippen molar-refractivity contribution >= 4 is 34.6 Å². The van der Waals surface area contributed by atoms with Crippen molar-refractivity contribution in [1.82, 2.24) is 20.0 Å². The molecule has 190 valence electrons. The van der Waals surface area contributed by atoms with Crippen molar-refractivity contribution in [2.45, 2.75) is 45.6 Å². The molecule has 37 heavy (non-hydrogen) atoms. The number of hydrogen-bond acceptors (Lipinski definition) is 9. The molecule has 1 unspecified atom stereocenters. The van der Waals surface area contributed by atoms with Crippen LogP contribution in [0.2, 0.25) is 0 Å². The van der Waals surface area contributed by atoms with Gasteiger partial charge in [0.2, 0.25) is 0 Å². The Kier molecular flexibility index (Phi) is 6.34. The maximum absolute atomic E-state index is 6.14. The van der Waals surface area contributed by atoms with E-state index >= 15 is 0 Å². The van der Waals surface area contributed by atoms with Crippen molar-refractivity contribution in [3.63, 3.8) is 0 Å². The van der Waals surface area contributed by atoms with Crippen LogP contribution in [0.5, 0.6) is 11.5 Å². The Morgan fingerprint density at radius 2 is 2.19 bits per heavy atom. The highest BCUT2D eigenvalue weighted by molar-refractivity contribution is 5.90. The van der Waals surface area contributed by atoms with Gasteiger partial charge in [-0.15, -0.1) is 0 Å². The van der Waals surface area contributed by atoms with Crippen LogP contribution in [0.3, 0.4) is 0 Å². The van der Waals surface area contributed by atoms with Gasteiger partial charge in [-0.3, -0.25) is 5.01 Å². The van der Waals surface area contributed by atoms with E-state index in [0.717, 1.165) is 64.7 Å². The Balaban J connectivity index is 1.21. The number of piperidine rings is 1. The molecule has 0 aliphatic carbocycles. The predicted molar refractivity (Wildman–Crippen MR) is 146 cm³/mol. The van der Waals surface area contributed by atoms with Gasteiger partial charge in [-0.1, -0.05) is 6.92 Å². The predicted octanol–water partition coefficient (Wildman–Crippen LogP) is 5.32. The van der Waals surface area contributed by atoms with Crippen LogP contribution in [0.25, 0.3) is 11.0 Å². The van der Waals surface area contributed by atoms with Crippen LogP contribution < -0.4 is 19.7 Å². The quantitative estimate of drug-likeness (QED) is 0.458. The lowest BCUT2D eigenvalue weighted by molar-refractivity contribution is 0.238. The first-order chi connectivity index (χ1) is 18.2. The second-order valence-electron chi connectivity index (χ2n) is 9.51. The fourth-order valence-electron chi connectivity index (χ4n) is 4.93. The lowest BCUT2D eigenvalue weighted by Crippen LogP contribution is -2.46. The molecular formula is C28H31N7O2. The highest BCUT2D eigenvalue weighted by Crippen LogP contribution is 2.38. The summed E-state index contributed by atoms with van der Waals surface area (Å²) in [7, 11) is 0.